The Bertz CT molecular complexity index is 1960. The van der Waals surface area contributed by atoms with Gasteiger partial charge in [0.25, 0.3) is 0 Å². The van der Waals surface area contributed by atoms with Crippen LogP contribution in [-0.4, -0.2) is 122 Å². The molecule has 1 aliphatic heterocycles. The van der Waals surface area contributed by atoms with E-state index >= 15 is 0 Å². The molecule has 0 radical (unpaired) electrons. The number of aromatic nitrogens is 1. The Morgan fingerprint density at radius 2 is 1.76 bits per heavy atom. The summed E-state index contributed by atoms with van der Waals surface area (Å²) in [6.45, 7) is 8.39. The molecule has 0 bridgehead atoms. The summed E-state index contributed by atoms with van der Waals surface area (Å²) in [6, 6.07) is 13.0. The first-order valence-corrected chi connectivity index (χ1v) is 22.3. The van der Waals surface area contributed by atoms with Crippen LogP contribution in [0.15, 0.2) is 70.0 Å². The molecular formula is C41H57N7O8S2. The van der Waals surface area contributed by atoms with E-state index in [2.05, 4.69) is 15.5 Å². The number of hydrogen-bond donors (Lipinski definition) is 4. The number of benzene rings is 2. The van der Waals surface area contributed by atoms with Crippen molar-refractivity contribution in [3.8, 4) is 0 Å². The summed E-state index contributed by atoms with van der Waals surface area (Å²) in [5, 5.41) is 39.0. The number of aliphatic hydroxyl groups excluding tert-OH is 1. The third kappa shape index (κ3) is 11.3. The third-order valence-electron chi connectivity index (χ3n) is 11.2. The molecular weight excluding hydrogens is 783 g/mol. The van der Waals surface area contributed by atoms with Crippen LogP contribution in [0.2, 0.25) is 0 Å². The SMILES string of the molecule is CC[C@H](C)[C@@H](C(=O)N[C@@H](Cc1ccccc1)[C@H](O)CN(CC1CCCC1)S(=O)(=O)c1ccc(C=NO)cc1)N1CCN(Cc2csc(CN(C(=O)O)C(C)C)n2)C1=O. The molecule has 4 amide bonds. The van der Waals surface area contributed by atoms with Crippen molar-refractivity contribution in [1.29, 1.82) is 0 Å². The van der Waals surface area contributed by atoms with Gasteiger partial charge in [0, 0.05) is 37.6 Å². The summed E-state index contributed by atoms with van der Waals surface area (Å²) >= 11 is 1.33. The van der Waals surface area contributed by atoms with E-state index in [9.17, 15) is 33.0 Å². The lowest BCUT2D eigenvalue weighted by Gasteiger charge is -2.35. The van der Waals surface area contributed by atoms with Crippen molar-refractivity contribution in [2.45, 2.75) is 108 Å². The summed E-state index contributed by atoms with van der Waals surface area (Å²) < 4.78 is 29.7. The van der Waals surface area contributed by atoms with E-state index in [1.54, 1.807) is 35.8 Å². The maximum Gasteiger partial charge on any atom is 0.407 e. The van der Waals surface area contributed by atoms with Crippen LogP contribution in [0.25, 0.3) is 0 Å². The van der Waals surface area contributed by atoms with Crippen LogP contribution in [-0.2, 0) is 34.3 Å². The highest BCUT2D eigenvalue weighted by Gasteiger charge is 2.41. The van der Waals surface area contributed by atoms with Gasteiger partial charge in [0.1, 0.15) is 11.0 Å². The fraction of sp³-hybridized carbons (Fsp3) is 0.537. The first-order valence-electron chi connectivity index (χ1n) is 20.0. The van der Waals surface area contributed by atoms with Gasteiger partial charge in [-0.3, -0.25) is 9.69 Å². The molecule has 1 aromatic heterocycles. The molecule has 17 heteroatoms. The average molecular weight is 840 g/mol. The zero-order valence-corrected chi connectivity index (χ0v) is 35.3. The second kappa shape index (κ2) is 20.4. The number of oxime groups is 1. The number of amides is 4. The van der Waals surface area contributed by atoms with Crippen LogP contribution in [0, 0.1) is 11.8 Å². The predicted octanol–water partition coefficient (Wildman–Crippen LogP) is 5.46. The molecule has 2 heterocycles. The van der Waals surface area contributed by atoms with Crippen LogP contribution in [0.1, 0.15) is 81.6 Å². The van der Waals surface area contributed by atoms with Gasteiger partial charge in [-0.15, -0.1) is 11.3 Å². The van der Waals surface area contributed by atoms with E-state index in [0.29, 0.717) is 35.8 Å². The predicted molar refractivity (Wildman–Crippen MR) is 221 cm³/mol. The highest BCUT2D eigenvalue weighted by molar-refractivity contribution is 7.89. The molecule has 2 fully saturated rings. The lowest BCUT2D eigenvalue weighted by Crippen LogP contribution is -2.57. The minimum atomic E-state index is -4.09. The fourth-order valence-electron chi connectivity index (χ4n) is 7.69. The second-order valence-corrected chi connectivity index (χ2v) is 18.5. The van der Waals surface area contributed by atoms with Crippen molar-refractivity contribution in [3.63, 3.8) is 0 Å². The van der Waals surface area contributed by atoms with Crippen molar-refractivity contribution in [2.24, 2.45) is 17.0 Å². The Morgan fingerprint density at radius 1 is 1.07 bits per heavy atom. The first-order chi connectivity index (χ1) is 27.7. The molecule has 1 saturated carbocycles. The number of carbonyl (C=O) groups excluding carboxylic acids is 2. The minimum Gasteiger partial charge on any atom is -0.465 e. The fourth-order valence-corrected chi connectivity index (χ4v) is 10.0. The van der Waals surface area contributed by atoms with Gasteiger partial charge in [0.15, 0.2) is 0 Å². The molecule has 0 spiro atoms. The lowest BCUT2D eigenvalue weighted by molar-refractivity contribution is -0.128. The first kappa shape index (κ1) is 44.5. The monoisotopic (exact) mass is 839 g/mol. The molecule has 2 aliphatic rings. The average Bonchev–Trinajstić information content (AvgIpc) is 3.97. The normalized spacial score (nSPS) is 17.3. The van der Waals surface area contributed by atoms with Crippen LogP contribution in [0.4, 0.5) is 9.59 Å². The number of rotatable bonds is 20. The van der Waals surface area contributed by atoms with E-state index in [4.69, 9.17) is 5.21 Å². The second-order valence-electron chi connectivity index (χ2n) is 15.6. The standard InChI is InChI=1S/C41H57N7O8S2/c1-5-29(4)38(47-20-19-45(40(47)51)24-33-27-57-37(43-33)26-48(28(2)3)41(52)53)39(50)44-35(21-30-11-7-6-8-12-30)36(49)25-46(23-32-13-9-10-14-32)58(55,56)34-17-15-31(16-18-34)22-42-54/h6-8,11-12,15-18,22,27-29,32,35-36,38,49,54H,5,9-10,13-14,19-21,23-26H2,1-4H3,(H,44,50)(H,52,53)/t29-,35-,36+,38-/m0/s1. The van der Waals surface area contributed by atoms with Crippen LogP contribution in [0.5, 0.6) is 0 Å². The summed E-state index contributed by atoms with van der Waals surface area (Å²) in [5.41, 5.74) is 1.99. The van der Waals surface area contributed by atoms with Crippen molar-refractivity contribution in [1.82, 2.24) is 29.3 Å². The Hall–Kier alpha value is -4.58. The van der Waals surface area contributed by atoms with E-state index in [1.807, 2.05) is 49.6 Å². The topological polar surface area (TPSA) is 196 Å². The largest absolute Gasteiger partial charge is 0.465 e. The zero-order chi connectivity index (χ0) is 42.0. The Labute approximate surface area is 345 Å². The zero-order valence-electron chi connectivity index (χ0n) is 33.7. The van der Waals surface area contributed by atoms with Gasteiger partial charge < -0.3 is 30.5 Å². The van der Waals surface area contributed by atoms with Crippen LogP contribution < -0.4 is 5.32 Å². The smallest absolute Gasteiger partial charge is 0.407 e. The Kier molecular flexibility index (Phi) is 15.7. The third-order valence-corrected chi connectivity index (χ3v) is 13.9. The number of nitrogens with zero attached hydrogens (tertiary/aromatic N) is 6. The molecule has 3 aromatic rings. The molecule has 4 atom stereocenters. The summed E-state index contributed by atoms with van der Waals surface area (Å²) in [7, 11) is -4.09. The van der Waals surface area contributed by atoms with Crippen molar-refractivity contribution in [2.75, 3.05) is 26.2 Å². The summed E-state index contributed by atoms with van der Waals surface area (Å²) in [4.78, 5) is 49.3. The van der Waals surface area contributed by atoms with Gasteiger partial charge in [-0.2, -0.15) is 4.31 Å². The van der Waals surface area contributed by atoms with Gasteiger partial charge in [-0.05, 0) is 68.2 Å². The lowest BCUT2D eigenvalue weighted by atomic mass is 9.95. The number of carbonyl (C=O) groups is 3. The van der Waals surface area contributed by atoms with E-state index in [0.717, 1.165) is 31.2 Å². The Morgan fingerprint density at radius 3 is 2.38 bits per heavy atom. The minimum absolute atomic E-state index is 0.0389. The molecule has 0 unspecified atom stereocenters. The molecule has 2 aromatic carbocycles. The van der Waals surface area contributed by atoms with Gasteiger partial charge in [0.05, 0.1) is 42.0 Å². The molecule has 5 rings (SSSR count). The highest BCUT2D eigenvalue weighted by Crippen LogP contribution is 2.29. The number of urea groups is 1. The number of aliphatic hydroxyl groups is 1. The highest BCUT2D eigenvalue weighted by atomic mass is 32.2. The van der Waals surface area contributed by atoms with Gasteiger partial charge >= 0.3 is 12.1 Å². The maximum atomic E-state index is 14.5. The molecule has 4 N–H and O–H groups in total. The Balaban J connectivity index is 1.35. The van der Waals surface area contributed by atoms with Gasteiger partial charge in [-0.1, -0.05) is 80.7 Å². The molecule has 1 saturated heterocycles. The number of sulfonamides is 1. The molecule has 58 heavy (non-hydrogen) atoms. The van der Waals surface area contributed by atoms with E-state index < -0.39 is 40.2 Å². The maximum absolute atomic E-state index is 14.5. The number of nitrogens with one attached hydrogen (secondary N) is 1. The van der Waals surface area contributed by atoms with Crippen LogP contribution in [0.3, 0.4) is 0 Å². The molecule has 15 nitrogen and oxygen atoms in total. The van der Waals surface area contributed by atoms with Crippen LogP contribution >= 0.6 is 11.3 Å². The van der Waals surface area contributed by atoms with E-state index in [1.165, 1.54) is 38.9 Å². The molecule has 1 aliphatic carbocycles. The molecule has 316 valence electrons. The number of carboxylic acid groups (broad SMARTS) is 1. The van der Waals surface area contributed by atoms with Crippen molar-refractivity contribution >= 4 is 45.6 Å². The summed E-state index contributed by atoms with van der Waals surface area (Å²) in [5.74, 6) is -0.561. The summed E-state index contributed by atoms with van der Waals surface area (Å²) in [6.07, 6.45) is 3.43. The van der Waals surface area contributed by atoms with Gasteiger partial charge in [0.2, 0.25) is 15.9 Å². The quantitative estimate of drug-likeness (QED) is 0.0649. The van der Waals surface area contributed by atoms with Crippen molar-refractivity contribution in [3.05, 3.63) is 81.8 Å². The number of thiazole rings is 1. The number of hydrogen-bond acceptors (Lipinski definition) is 10. The van der Waals surface area contributed by atoms with Crippen molar-refractivity contribution < 1.29 is 38.2 Å². The van der Waals surface area contributed by atoms with E-state index in [-0.39, 0.29) is 61.4 Å². The van der Waals surface area contributed by atoms with Gasteiger partial charge in [-0.25, -0.2) is 23.0 Å².